The Balaban J connectivity index is 2.36. The molecule has 0 saturated heterocycles. The van der Waals surface area contributed by atoms with E-state index in [-0.39, 0.29) is 9.92 Å². The summed E-state index contributed by atoms with van der Waals surface area (Å²) in [7, 11) is -3.68. The van der Waals surface area contributed by atoms with Gasteiger partial charge in [0.25, 0.3) is 10.0 Å². The molecule has 0 fully saturated rings. The molecule has 0 aliphatic carbocycles. The van der Waals surface area contributed by atoms with E-state index in [9.17, 15) is 8.42 Å². The molecule has 2 aromatic carbocycles. The second-order valence-electron chi connectivity index (χ2n) is 3.32. The molecule has 0 aromatic heterocycles. The Hall–Kier alpha value is -1.52. The van der Waals surface area contributed by atoms with E-state index in [4.69, 9.17) is 11.6 Å². The highest BCUT2D eigenvalue weighted by atomic mass is 35.5. The number of nitrogens with one attached hydrogen (secondary N) is 1. The standard InChI is InChI=1S/C12H9ClNO2S/c13-11-8-4-5-9-12(11)17(15,16)14-10-6-2-1-3-7-10/h1-8,14H. The lowest BCUT2D eigenvalue weighted by Gasteiger charge is -2.08. The maximum Gasteiger partial charge on any atom is 0.264 e. The minimum absolute atomic E-state index is 0.0504. The van der Waals surface area contributed by atoms with Crippen LogP contribution < -0.4 is 4.72 Å². The molecule has 17 heavy (non-hydrogen) atoms. The van der Waals surface area contributed by atoms with Gasteiger partial charge < -0.3 is 0 Å². The largest absolute Gasteiger partial charge is 0.280 e. The average molecular weight is 267 g/mol. The van der Waals surface area contributed by atoms with Crippen molar-refractivity contribution < 1.29 is 8.42 Å². The topological polar surface area (TPSA) is 46.2 Å². The van der Waals surface area contributed by atoms with Crippen LogP contribution in [-0.2, 0) is 10.0 Å². The first-order valence-corrected chi connectivity index (χ1v) is 6.70. The highest BCUT2D eigenvalue weighted by Crippen LogP contribution is 2.22. The Labute approximate surface area is 105 Å². The molecular formula is C12H9ClNO2S. The van der Waals surface area contributed by atoms with E-state index in [2.05, 4.69) is 10.8 Å². The van der Waals surface area contributed by atoms with Crippen LogP contribution in [-0.4, -0.2) is 8.42 Å². The van der Waals surface area contributed by atoms with E-state index in [1.165, 1.54) is 12.1 Å². The Morgan fingerprint density at radius 1 is 1.06 bits per heavy atom. The second kappa shape index (κ2) is 4.77. The lowest BCUT2D eigenvalue weighted by Crippen LogP contribution is -2.13. The van der Waals surface area contributed by atoms with Gasteiger partial charge in [-0.05, 0) is 18.2 Å². The van der Waals surface area contributed by atoms with Gasteiger partial charge in [-0.25, -0.2) is 8.42 Å². The number of benzene rings is 2. The van der Waals surface area contributed by atoms with Gasteiger partial charge in [0.05, 0.1) is 5.02 Å². The summed E-state index contributed by atoms with van der Waals surface area (Å²) in [5.74, 6) is 0. The molecule has 0 spiro atoms. The minimum atomic E-state index is -3.68. The van der Waals surface area contributed by atoms with Gasteiger partial charge in [0.15, 0.2) is 0 Å². The number of para-hydroxylation sites is 1. The van der Waals surface area contributed by atoms with E-state index in [1.54, 1.807) is 36.4 Å². The highest BCUT2D eigenvalue weighted by molar-refractivity contribution is 7.92. The molecule has 0 atom stereocenters. The molecule has 5 heteroatoms. The van der Waals surface area contributed by atoms with Crippen LogP contribution in [0.2, 0.25) is 5.02 Å². The van der Waals surface area contributed by atoms with Crippen molar-refractivity contribution >= 4 is 27.3 Å². The summed E-state index contributed by atoms with van der Waals surface area (Å²) in [4.78, 5) is -0.0504. The fourth-order valence-electron chi connectivity index (χ4n) is 1.32. The van der Waals surface area contributed by atoms with Gasteiger partial charge in [-0.1, -0.05) is 41.9 Å². The summed E-state index contributed by atoms with van der Waals surface area (Å²) in [6.07, 6.45) is 0. The van der Waals surface area contributed by atoms with Crippen LogP contribution in [0.5, 0.6) is 0 Å². The van der Waals surface area contributed by atoms with Crippen molar-refractivity contribution in [3.05, 3.63) is 59.6 Å². The van der Waals surface area contributed by atoms with Gasteiger partial charge in [0.2, 0.25) is 0 Å². The average Bonchev–Trinajstić information content (AvgIpc) is 2.30. The number of halogens is 1. The number of rotatable bonds is 3. The van der Waals surface area contributed by atoms with Crippen LogP contribution in [0, 0.1) is 6.07 Å². The fourth-order valence-corrected chi connectivity index (χ4v) is 2.85. The van der Waals surface area contributed by atoms with E-state index in [1.807, 2.05) is 0 Å². The summed E-state index contributed by atoms with van der Waals surface area (Å²) >= 11 is 5.82. The Kier molecular flexibility index (Phi) is 3.36. The first-order chi connectivity index (χ1) is 8.09. The molecule has 87 valence electrons. The molecule has 1 N–H and O–H groups in total. The third-order valence-corrected chi connectivity index (χ3v) is 3.87. The van der Waals surface area contributed by atoms with Crippen LogP contribution in [0.4, 0.5) is 5.69 Å². The van der Waals surface area contributed by atoms with Crippen molar-refractivity contribution in [1.29, 1.82) is 0 Å². The van der Waals surface area contributed by atoms with Crippen LogP contribution in [0.15, 0.2) is 53.4 Å². The van der Waals surface area contributed by atoms with Gasteiger partial charge in [0.1, 0.15) is 4.90 Å². The molecule has 0 unspecified atom stereocenters. The van der Waals surface area contributed by atoms with Gasteiger partial charge in [-0.15, -0.1) is 0 Å². The smallest absolute Gasteiger partial charge is 0.264 e. The zero-order valence-electron chi connectivity index (χ0n) is 8.72. The van der Waals surface area contributed by atoms with Gasteiger partial charge >= 0.3 is 0 Å². The Bertz CT molecular complexity index is 611. The van der Waals surface area contributed by atoms with Gasteiger partial charge in [-0.2, -0.15) is 0 Å². The molecule has 0 saturated carbocycles. The minimum Gasteiger partial charge on any atom is -0.280 e. The third-order valence-electron chi connectivity index (χ3n) is 2.06. The second-order valence-corrected chi connectivity index (χ2v) is 5.35. The van der Waals surface area contributed by atoms with Crippen molar-refractivity contribution in [2.45, 2.75) is 4.90 Å². The molecule has 2 rings (SSSR count). The number of hydrogen-bond acceptors (Lipinski definition) is 2. The van der Waals surface area contributed by atoms with Gasteiger partial charge in [0, 0.05) is 11.8 Å². The van der Waals surface area contributed by atoms with Crippen molar-refractivity contribution in [3.8, 4) is 0 Å². The molecule has 0 bridgehead atoms. The van der Waals surface area contributed by atoms with Gasteiger partial charge in [-0.3, -0.25) is 4.72 Å². The molecule has 1 radical (unpaired) electrons. The van der Waals surface area contributed by atoms with Crippen LogP contribution in [0.1, 0.15) is 0 Å². The predicted molar refractivity (Wildman–Crippen MR) is 67.5 cm³/mol. The monoisotopic (exact) mass is 266 g/mol. The number of hydrogen-bond donors (Lipinski definition) is 1. The Morgan fingerprint density at radius 2 is 1.76 bits per heavy atom. The molecular weight excluding hydrogens is 258 g/mol. The zero-order chi connectivity index (χ0) is 12.3. The summed E-state index contributed by atoms with van der Waals surface area (Å²) in [5.41, 5.74) is 0.487. The lowest BCUT2D eigenvalue weighted by molar-refractivity contribution is 0.601. The van der Waals surface area contributed by atoms with Crippen molar-refractivity contribution in [1.82, 2.24) is 0 Å². The fraction of sp³-hybridized carbons (Fsp3) is 0. The highest BCUT2D eigenvalue weighted by Gasteiger charge is 2.17. The van der Waals surface area contributed by atoms with Crippen LogP contribution in [0.25, 0.3) is 0 Å². The van der Waals surface area contributed by atoms with E-state index in [0.29, 0.717) is 5.69 Å². The summed E-state index contributed by atoms with van der Waals surface area (Å²) in [5, 5.41) is 0.149. The summed E-state index contributed by atoms with van der Waals surface area (Å²) in [6, 6.07) is 15.9. The maximum absolute atomic E-state index is 12.0. The van der Waals surface area contributed by atoms with E-state index >= 15 is 0 Å². The molecule has 0 aliphatic rings. The predicted octanol–water partition coefficient (Wildman–Crippen LogP) is 2.94. The molecule has 0 aliphatic heterocycles. The first kappa shape index (κ1) is 12.0. The molecule has 3 nitrogen and oxygen atoms in total. The van der Waals surface area contributed by atoms with Crippen molar-refractivity contribution in [2.24, 2.45) is 0 Å². The van der Waals surface area contributed by atoms with E-state index in [0.717, 1.165) is 0 Å². The Morgan fingerprint density at radius 3 is 2.41 bits per heavy atom. The quantitative estimate of drug-likeness (QED) is 0.928. The van der Waals surface area contributed by atoms with Crippen molar-refractivity contribution in [3.63, 3.8) is 0 Å². The van der Waals surface area contributed by atoms with Crippen molar-refractivity contribution in [2.75, 3.05) is 4.72 Å². The maximum atomic E-state index is 12.0. The SMILES string of the molecule is O=S(=O)(Nc1ccccc1)c1[c]cccc1Cl. The van der Waals surface area contributed by atoms with Crippen LogP contribution in [0.3, 0.4) is 0 Å². The normalized spacial score (nSPS) is 11.1. The zero-order valence-corrected chi connectivity index (χ0v) is 10.3. The summed E-state index contributed by atoms with van der Waals surface area (Å²) < 4.78 is 26.4. The summed E-state index contributed by atoms with van der Waals surface area (Å²) in [6.45, 7) is 0. The molecule has 2 aromatic rings. The number of anilines is 1. The van der Waals surface area contributed by atoms with E-state index < -0.39 is 10.0 Å². The number of sulfonamides is 1. The van der Waals surface area contributed by atoms with Crippen LogP contribution >= 0.6 is 11.6 Å². The molecule has 0 amide bonds. The lowest BCUT2D eigenvalue weighted by atomic mass is 10.3. The third kappa shape index (κ3) is 2.78. The molecule has 0 heterocycles. The first-order valence-electron chi connectivity index (χ1n) is 4.84.